The topological polar surface area (TPSA) is 9.72 Å². The quantitative estimate of drug-likeness (QED) is 0.148. The van der Waals surface area contributed by atoms with Crippen LogP contribution in [0.4, 0.5) is 51.2 Å². The molecule has 0 atom stereocenters. The number of hydrogen-bond acceptors (Lipinski definition) is 3. The van der Waals surface area contributed by atoms with Crippen molar-refractivity contribution in [3.63, 3.8) is 0 Å². The number of benzene rings is 10. The zero-order valence-corrected chi connectivity index (χ0v) is 37.9. The molecule has 0 aliphatic carbocycles. The monoisotopic (exact) mass is 923 g/mol. The Balaban J connectivity index is 1.30. The van der Waals surface area contributed by atoms with Gasteiger partial charge in [-0.25, -0.2) is 0 Å². The Morgan fingerprint density at radius 3 is 0.688 bits per heavy atom. The molecule has 4 heteroatoms. The molecular weight excluding hydrogens is 881 g/mol. The summed E-state index contributed by atoms with van der Waals surface area (Å²) >= 11 is -4.54. The van der Waals surface area contributed by atoms with Crippen molar-refractivity contribution in [3.8, 4) is 33.4 Å². The molecule has 64 heavy (non-hydrogen) atoms. The van der Waals surface area contributed by atoms with Crippen molar-refractivity contribution in [2.75, 3.05) is 14.7 Å². The van der Waals surface area contributed by atoms with Crippen molar-refractivity contribution in [3.05, 3.63) is 249 Å². The van der Waals surface area contributed by atoms with Gasteiger partial charge in [-0.15, -0.1) is 0 Å². The first-order chi connectivity index (χ1) is 31.8. The van der Waals surface area contributed by atoms with Gasteiger partial charge in [-0.05, 0) is 0 Å². The first kappa shape index (κ1) is 37.0. The molecule has 0 spiro atoms. The van der Waals surface area contributed by atoms with Gasteiger partial charge in [0.15, 0.2) is 0 Å². The molecule has 0 aromatic heterocycles. The summed E-state index contributed by atoms with van der Waals surface area (Å²) < 4.78 is 5.87. The Morgan fingerprint density at radius 1 is 0.219 bits per heavy atom. The molecule has 0 radical (unpaired) electrons. The number of nitrogens with zero attached hydrogens (tertiary/aromatic N) is 3. The molecule has 10 aromatic rings. The number of para-hydroxylation sites is 3. The second kappa shape index (κ2) is 14.8. The summed E-state index contributed by atoms with van der Waals surface area (Å²) in [6, 6.07) is 92.8. The first-order valence-corrected chi connectivity index (χ1v) is 27.8. The molecule has 3 aliphatic heterocycles. The molecule has 0 unspecified atom stereocenters. The van der Waals surface area contributed by atoms with E-state index in [1.54, 1.807) is 0 Å². The molecule has 13 rings (SSSR count). The molecule has 3 nitrogen and oxygen atoms in total. The summed E-state index contributed by atoms with van der Waals surface area (Å²) in [6.07, 6.45) is 0. The zero-order chi connectivity index (χ0) is 42.2. The molecule has 10 aromatic carbocycles. The minimum atomic E-state index is -4.54. The molecule has 3 aliphatic rings. The molecule has 0 N–H and O–H groups in total. The molecule has 0 saturated heterocycles. The van der Waals surface area contributed by atoms with E-state index in [9.17, 15) is 0 Å². The van der Waals surface area contributed by atoms with Gasteiger partial charge in [-0.3, -0.25) is 0 Å². The number of anilines is 9. The third-order valence-corrected chi connectivity index (χ3v) is 27.7. The molecule has 3 heterocycles. The second-order valence-electron chi connectivity index (χ2n) is 16.9. The average Bonchev–Trinajstić information content (AvgIpc) is 3.38. The van der Waals surface area contributed by atoms with E-state index in [1.807, 2.05) is 0 Å². The number of hydrogen-bond donors (Lipinski definition) is 0. The maximum absolute atomic E-state index is 4.54. The fourth-order valence-electron chi connectivity index (χ4n) is 10.9. The van der Waals surface area contributed by atoms with Crippen molar-refractivity contribution < 1.29 is 0 Å². The first-order valence-electron chi connectivity index (χ1n) is 22.1. The van der Waals surface area contributed by atoms with Crippen molar-refractivity contribution in [2.45, 2.75) is 0 Å². The second-order valence-corrected chi connectivity index (χ2v) is 27.1. The van der Waals surface area contributed by atoms with Crippen LogP contribution in [0, 0.1) is 0 Å². The van der Waals surface area contributed by atoms with E-state index in [4.69, 9.17) is 0 Å². The zero-order valence-electron chi connectivity index (χ0n) is 35.0. The van der Waals surface area contributed by atoms with E-state index < -0.39 is 18.4 Å². The average molecular weight is 923 g/mol. The van der Waals surface area contributed by atoms with Crippen LogP contribution < -0.4 is 29.0 Å². The normalized spacial score (nSPS) is 13.7. The predicted molar refractivity (Wildman–Crippen MR) is 271 cm³/mol. The summed E-state index contributed by atoms with van der Waals surface area (Å²) in [5.41, 5.74) is 18.1. The van der Waals surface area contributed by atoms with E-state index in [-0.39, 0.29) is 0 Å². The van der Waals surface area contributed by atoms with Gasteiger partial charge in [0.05, 0.1) is 0 Å². The van der Waals surface area contributed by atoms with Crippen LogP contribution in [0.5, 0.6) is 0 Å². The van der Waals surface area contributed by atoms with Gasteiger partial charge >= 0.3 is 381 Å². The number of rotatable bonds is 7. The van der Waals surface area contributed by atoms with Crippen LogP contribution in [0.15, 0.2) is 249 Å². The third-order valence-electron chi connectivity index (χ3n) is 13.4. The molecule has 0 fully saturated rings. The van der Waals surface area contributed by atoms with Crippen LogP contribution in [0.1, 0.15) is 0 Å². The minimum absolute atomic E-state index is 1.14. The van der Waals surface area contributed by atoms with E-state index in [0.717, 1.165) is 17.1 Å². The van der Waals surface area contributed by atoms with E-state index in [1.165, 1.54) is 81.8 Å². The van der Waals surface area contributed by atoms with Gasteiger partial charge in [0.1, 0.15) is 0 Å². The van der Waals surface area contributed by atoms with Crippen LogP contribution in [0.2, 0.25) is 0 Å². The summed E-state index contributed by atoms with van der Waals surface area (Å²) in [6.45, 7) is 0. The third kappa shape index (κ3) is 5.47. The Kier molecular flexibility index (Phi) is 8.53. The van der Waals surface area contributed by atoms with Crippen molar-refractivity contribution in [2.24, 2.45) is 0 Å². The summed E-state index contributed by atoms with van der Waals surface area (Å²) in [5.74, 6) is 0. The summed E-state index contributed by atoms with van der Waals surface area (Å²) in [5, 5.41) is 0. The Morgan fingerprint density at radius 2 is 0.438 bits per heavy atom. The van der Waals surface area contributed by atoms with E-state index >= 15 is 0 Å². The Bertz CT molecular complexity index is 2960. The predicted octanol–water partition coefficient (Wildman–Crippen LogP) is 13.4. The van der Waals surface area contributed by atoms with Crippen LogP contribution in [0.3, 0.4) is 0 Å². The summed E-state index contributed by atoms with van der Waals surface area (Å²) in [7, 11) is 0. The fourth-order valence-corrected chi connectivity index (χ4v) is 27.2. The van der Waals surface area contributed by atoms with Crippen LogP contribution in [0.25, 0.3) is 33.4 Å². The SMILES string of the molecule is c1ccc(-c2cc3[c]4c(c2)N(c2ccccc2)c2cc(-c5ccccc5)cc5[c]2[Sn]4([c]2ccccc2)[c]2c(cc(-c4ccccc4)cc2N5c2ccccc2)N3c2ccccc2)cc1. The van der Waals surface area contributed by atoms with Crippen molar-refractivity contribution in [1.82, 2.24) is 0 Å². The van der Waals surface area contributed by atoms with Crippen molar-refractivity contribution >= 4 is 83.9 Å². The van der Waals surface area contributed by atoms with Gasteiger partial charge in [-0.2, -0.15) is 0 Å². The van der Waals surface area contributed by atoms with Gasteiger partial charge in [0.25, 0.3) is 0 Å². The van der Waals surface area contributed by atoms with Crippen LogP contribution in [-0.2, 0) is 0 Å². The molecule has 0 bridgehead atoms. The van der Waals surface area contributed by atoms with Crippen LogP contribution >= 0.6 is 0 Å². The van der Waals surface area contributed by atoms with E-state index in [0.29, 0.717) is 0 Å². The van der Waals surface area contributed by atoms with Crippen LogP contribution in [-0.4, -0.2) is 18.4 Å². The Labute approximate surface area is 378 Å². The summed E-state index contributed by atoms with van der Waals surface area (Å²) in [4.78, 5) is 7.82. The van der Waals surface area contributed by atoms with E-state index in [2.05, 4.69) is 263 Å². The molecule has 300 valence electrons. The Hall–Kier alpha value is -7.60. The maximum atomic E-state index is 2.61. The molecular formula is C60H41N3Sn. The molecule has 0 amide bonds. The fraction of sp³-hybridized carbons (Fsp3) is 0. The van der Waals surface area contributed by atoms with Crippen molar-refractivity contribution in [1.29, 1.82) is 0 Å². The van der Waals surface area contributed by atoms with Gasteiger partial charge < -0.3 is 0 Å². The molecule has 0 saturated carbocycles. The van der Waals surface area contributed by atoms with Gasteiger partial charge in [0, 0.05) is 0 Å². The van der Waals surface area contributed by atoms with Gasteiger partial charge in [0.2, 0.25) is 0 Å². The standard InChI is InChI=1S/C54H36N3.C6H5.Sn/c1-7-19-40(20-8-1)43-31-49-37-50(32-43)56(47-27-15-5-16-28-47)52-34-45(42-23-11-3-12-24-42)36-54(39-52)57(48-29-17-6-18-30-48)53-35-44(41-21-9-2-10-22-41)33-51(38-53)55(49)46-25-13-4-14-26-46;1-2-4-6-5-3-1;/h1-36H;1-5H;. The van der Waals surface area contributed by atoms with Gasteiger partial charge in [-0.1, -0.05) is 0 Å².